The maximum Gasteiger partial charge on any atom is 0.252 e. The Morgan fingerprint density at radius 2 is 1.81 bits per heavy atom. The van der Waals surface area contributed by atoms with Gasteiger partial charge in [0.2, 0.25) is 5.91 Å². The number of carbonyl (C=O) groups is 3. The Balaban J connectivity index is 1.28. The lowest BCUT2D eigenvalue weighted by atomic mass is 9.88. The average Bonchev–Trinajstić information content (AvgIpc) is 3.62. The number of ether oxygens (including phenoxy) is 2. The van der Waals surface area contributed by atoms with Gasteiger partial charge in [0.1, 0.15) is 30.4 Å². The molecule has 0 unspecified atom stereocenters. The molecule has 3 aliphatic heterocycles. The largest absolute Gasteiger partial charge is 0.374 e. The van der Waals surface area contributed by atoms with Crippen molar-refractivity contribution >= 4 is 17.6 Å². The first-order valence-corrected chi connectivity index (χ1v) is 14.1. The van der Waals surface area contributed by atoms with Crippen molar-refractivity contribution in [3.63, 3.8) is 0 Å². The molecule has 37 heavy (non-hydrogen) atoms. The smallest absolute Gasteiger partial charge is 0.252 e. The predicted octanol–water partition coefficient (Wildman–Crippen LogP) is 2.90. The van der Waals surface area contributed by atoms with Crippen LogP contribution >= 0.6 is 0 Å². The van der Waals surface area contributed by atoms with Crippen LogP contribution in [0.15, 0.2) is 24.3 Å². The molecular weight excluding hydrogens is 470 g/mol. The first-order valence-electron chi connectivity index (χ1n) is 14.1. The average molecular weight is 512 g/mol. The molecule has 202 valence electrons. The quantitative estimate of drug-likeness (QED) is 0.606. The molecule has 4 aliphatic rings. The van der Waals surface area contributed by atoms with E-state index < -0.39 is 17.7 Å². The Kier molecular flexibility index (Phi) is 7.70. The number of benzene rings is 1. The number of hydrogen-bond donors (Lipinski definition) is 1. The highest BCUT2D eigenvalue weighted by Gasteiger charge is 2.57. The highest BCUT2D eigenvalue weighted by atomic mass is 16.6. The monoisotopic (exact) mass is 511 g/mol. The number of Topliss-reactive ketones (excluding diaryl/α,β-unsaturated/α-hetero) is 1. The first-order chi connectivity index (χ1) is 17.8. The molecule has 0 radical (unpaired) electrons. The summed E-state index contributed by atoms with van der Waals surface area (Å²) in [5, 5.41) is 3.11. The highest BCUT2D eigenvalue weighted by molar-refractivity contribution is 6.01. The second-order valence-electron chi connectivity index (χ2n) is 11.4. The molecule has 1 aromatic carbocycles. The lowest BCUT2D eigenvalue weighted by molar-refractivity contribution is -0.142. The van der Waals surface area contributed by atoms with Crippen LogP contribution in [0.5, 0.6) is 0 Å². The molecule has 0 spiro atoms. The highest BCUT2D eigenvalue weighted by Crippen LogP contribution is 2.37. The van der Waals surface area contributed by atoms with Gasteiger partial charge in [0.05, 0.1) is 6.54 Å². The standard InChI is InChI=1S/C29H41N3O5/c1-4-36-24-17-32(25-23(33)18-37-26(24)25)28(35)29(13-5-6-14-29)30-27(34)22-9-7-20(8-10-22)21-11-15-31(16-12-21)19(2)3/h7-10,19,21,24-26H,4-6,11-18H2,1-3H3,(H,30,34)/t24-,25+,26+/m0/s1. The van der Waals surface area contributed by atoms with E-state index in [2.05, 4.69) is 36.2 Å². The Labute approximate surface area is 220 Å². The minimum atomic E-state index is -0.992. The van der Waals surface area contributed by atoms with Crippen molar-refractivity contribution in [1.29, 1.82) is 0 Å². The molecule has 0 aromatic heterocycles. The fourth-order valence-corrected chi connectivity index (χ4v) is 6.77. The van der Waals surface area contributed by atoms with Crippen LogP contribution in [-0.4, -0.2) is 90.1 Å². The van der Waals surface area contributed by atoms with Gasteiger partial charge in [-0.3, -0.25) is 14.4 Å². The molecule has 8 heteroatoms. The van der Waals surface area contributed by atoms with Gasteiger partial charge in [0.25, 0.3) is 5.91 Å². The molecule has 4 fully saturated rings. The van der Waals surface area contributed by atoms with Crippen molar-refractivity contribution in [1.82, 2.24) is 15.1 Å². The molecule has 3 atom stereocenters. The van der Waals surface area contributed by atoms with Gasteiger partial charge in [-0.25, -0.2) is 0 Å². The van der Waals surface area contributed by atoms with Crippen LogP contribution in [0.2, 0.25) is 0 Å². The zero-order valence-corrected chi connectivity index (χ0v) is 22.4. The first kappa shape index (κ1) is 26.3. The van der Waals surface area contributed by atoms with E-state index in [1.807, 2.05) is 19.1 Å². The Morgan fingerprint density at radius 1 is 1.14 bits per heavy atom. The van der Waals surface area contributed by atoms with Crippen molar-refractivity contribution in [2.75, 3.05) is 32.8 Å². The number of ketones is 1. The summed E-state index contributed by atoms with van der Waals surface area (Å²) in [4.78, 5) is 44.1. The number of piperidine rings is 1. The molecular formula is C29H41N3O5. The third-order valence-electron chi connectivity index (χ3n) is 8.90. The minimum absolute atomic E-state index is 0.00485. The van der Waals surface area contributed by atoms with Crippen LogP contribution < -0.4 is 5.32 Å². The maximum absolute atomic E-state index is 14.0. The number of nitrogens with one attached hydrogen (secondary N) is 1. The summed E-state index contributed by atoms with van der Waals surface area (Å²) >= 11 is 0. The van der Waals surface area contributed by atoms with E-state index in [1.54, 1.807) is 4.90 Å². The van der Waals surface area contributed by atoms with Crippen molar-refractivity contribution in [2.45, 2.75) is 95.0 Å². The minimum Gasteiger partial charge on any atom is -0.374 e. The molecule has 5 rings (SSSR count). The van der Waals surface area contributed by atoms with E-state index in [9.17, 15) is 14.4 Å². The second-order valence-corrected chi connectivity index (χ2v) is 11.4. The lowest BCUT2D eigenvalue weighted by Crippen LogP contribution is -2.60. The second kappa shape index (κ2) is 10.8. The summed E-state index contributed by atoms with van der Waals surface area (Å²) < 4.78 is 11.5. The number of nitrogens with zero attached hydrogens (tertiary/aromatic N) is 2. The third kappa shape index (κ3) is 5.08. The topological polar surface area (TPSA) is 88.2 Å². The molecule has 8 nitrogen and oxygen atoms in total. The van der Waals surface area contributed by atoms with Gasteiger partial charge in [-0.2, -0.15) is 0 Å². The van der Waals surface area contributed by atoms with E-state index in [4.69, 9.17) is 9.47 Å². The van der Waals surface area contributed by atoms with Gasteiger partial charge >= 0.3 is 0 Å². The number of amides is 2. The van der Waals surface area contributed by atoms with Gasteiger partial charge in [-0.15, -0.1) is 0 Å². The van der Waals surface area contributed by atoms with Crippen LogP contribution in [-0.2, 0) is 19.1 Å². The third-order valence-corrected chi connectivity index (χ3v) is 8.90. The fourth-order valence-electron chi connectivity index (χ4n) is 6.77. The number of fused-ring (bicyclic) bond motifs is 1. The zero-order chi connectivity index (χ0) is 26.2. The van der Waals surface area contributed by atoms with E-state index in [-0.39, 0.29) is 30.3 Å². The van der Waals surface area contributed by atoms with Gasteiger partial charge in [-0.1, -0.05) is 25.0 Å². The summed E-state index contributed by atoms with van der Waals surface area (Å²) in [7, 11) is 0. The van der Waals surface area contributed by atoms with Crippen LogP contribution in [0.1, 0.15) is 81.1 Å². The summed E-state index contributed by atoms with van der Waals surface area (Å²) in [5.41, 5.74) is 0.846. The van der Waals surface area contributed by atoms with E-state index in [0.29, 0.717) is 43.5 Å². The fraction of sp³-hybridized carbons (Fsp3) is 0.690. The number of likely N-dealkylation sites (tertiary alicyclic amines) is 2. The van der Waals surface area contributed by atoms with Crippen LogP contribution in [0.25, 0.3) is 0 Å². The van der Waals surface area contributed by atoms with E-state index in [0.717, 1.165) is 38.8 Å². The molecule has 3 saturated heterocycles. The summed E-state index contributed by atoms with van der Waals surface area (Å²) in [5.74, 6) is 0.0164. The molecule has 1 N–H and O–H groups in total. The zero-order valence-electron chi connectivity index (χ0n) is 22.4. The molecule has 2 amide bonds. The van der Waals surface area contributed by atoms with Crippen molar-refractivity contribution in [2.24, 2.45) is 0 Å². The van der Waals surface area contributed by atoms with Crippen molar-refractivity contribution in [3.05, 3.63) is 35.4 Å². The number of hydrogen-bond acceptors (Lipinski definition) is 6. The molecule has 1 aromatic rings. The van der Waals surface area contributed by atoms with E-state index >= 15 is 0 Å². The van der Waals surface area contributed by atoms with Gasteiger partial charge in [-0.05, 0) is 83.2 Å². The SMILES string of the molecule is CCO[C@H]1CN(C(=O)C2(NC(=O)c3ccc(C4CCN(C(C)C)CC4)cc3)CCCC2)[C@@H]2C(=O)CO[C@H]12. The summed E-state index contributed by atoms with van der Waals surface area (Å²) in [6, 6.07) is 7.86. The Hall–Kier alpha value is -2.29. The molecule has 1 saturated carbocycles. The van der Waals surface area contributed by atoms with Crippen LogP contribution in [0.3, 0.4) is 0 Å². The van der Waals surface area contributed by atoms with Crippen molar-refractivity contribution < 1.29 is 23.9 Å². The summed E-state index contributed by atoms with van der Waals surface area (Å²) in [6.45, 7) is 9.40. The predicted molar refractivity (Wildman–Crippen MR) is 139 cm³/mol. The Bertz CT molecular complexity index is 995. The van der Waals surface area contributed by atoms with E-state index in [1.165, 1.54) is 5.56 Å². The van der Waals surface area contributed by atoms with Gasteiger partial charge in [0.15, 0.2) is 5.78 Å². The maximum atomic E-state index is 14.0. The van der Waals surface area contributed by atoms with Crippen LogP contribution in [0, 0.1) is 0 Å². The normalized spacial score (nSPS) is 28.2. The van der Waals surface area contributed by atoms with Crippen LogP contribution in [0.4, 0.5) is 0 Å². The Morgan fingerprint density at radius 3 is 2.43 bits per heavy atom. The molecule has 3 heterocycles. The van der Waals surface area contributed by atoms with Gasteiger partial charge in [0, 0.05) is 18.2 Å². The summed E-state index contributed by atoms with van der Waals surface area (Å²) in [6.07, 6.45) is 4.39. The van der Waals surface area contributed by atoms with Gasteiger partial charge < -0.3 is 24.6 Å². The lowest BCUT2D eigenvalue weighted by Gasteiger charge is -2.35. The molecule has 0 bridgehead atoms. The number of rotatable bonds is 7. The molecule has 1 aliphatic carbocycles. The number of carbonyl (C=O) groups excluding carboxylic acids is 3. The van der Waals surface area contributed by atoms with Crippen molar-refractivity contribution in [3.8, 4) is 0 Å².